The van der Waals surface area contributed by atoms with Crippen molar-refractivity contribution in [2.75, 3.05) is 6.54 Å². The number of nitrogens with one attached hydrogen (secondary N) is 1. The van der Waals surface area contributed by atoms with Crippen molar-refractivity contribution in [3.8, 4) is 0 Å². The number of likely N-dealkylation sites (tertiary alicyclic amines) is 1. The van der Waals surface area contributed by atoms with E-state index in [0.29, 0.717) is 19.4 Å². The van der Waals surface area contributed by atoms with Crippen LogP contribution in [0.2, 0.25) is 0 Å². The molecule has 0 aromatic rings. The van der Waals surface area contributed by atoms with Crippen LogP contribution in [0, 0.1) is 5.92 Å². The van der Waals surface area contributed by atoms with Gasteiger partial charge in [-0.15, -0.1) is 0 Å². The number of allylic oxidation sites excluding steroid dienone is 1. The van der Waals surface area contributed by atoms with Gasteiger partial charge in [-0.25, -0.2) is 4.79 Å². The average Bonchev–Trinajstić information content (AvgIpc) is 2.39. The molecule has 2 N–H and O–H groups in total. The fourth-order valence-electron chi connectivity index (χ4n) is 2.88. The Kier molecular flexibility index (Phi) is 4.45. The molecule has 3 unspecified atom stereocenters. The first-order chi connectivity index (χ1) is 9.08. The van der Waals surface area contributed by atoms with Crippen LogP contribution in [-0.2, 0) is 4.79 Å². The van der Waals surface area contributed by atoms with Gasteiger partial charge in [0.1, 0.15) is 0 Å². The van der Waals surface area contributed by atoms with Crippen LogP contribution in [0.4, 0.5) is 4.79 Å². The van der Waals surface area contributed by atoms with E-state index in [1.165, 1.54) is 0 Å². The van der Waals surface area contributed by atoms with Gasteiger partial charge in [-0.3, -0.25) is 4.79 Å². The molecular weight excluding hydrogens is 244 g/mol. The van der Waals surface area contributed by atoms with Crippen molar-refractivity contribution >= 4 is 12.0 Å². The van der Waals surface area contributed by atoms with Crippen LogP contribution in [0.1, 0.15) is 39.0 Å². The molecule has 0 bridgehead atoms. The molecule has 5 nitrogen and oxygen atoms in total. The minimum Gasteiger partial charge on any atom is -0.481 e. The Bertz CT molecular complexity index is 381. The van der Waals surface area contributed by atoms with Crippen LogP contribution in [0.3, 0.4) is 0 Å². The zero-order chi connectivity index (χ0) is 13.8. The Hall–Kier alpha value is -1.52. The van der Waals surface area contributed by atoms with Gasteiger partial charge < -0.3 is 15.3 Å². The predicted molar refractivity (Wildman–Crippen MR) is 71.8 cm³/mol. The Morgan fingerprint density at radius 3 is 2.68 bits per heavy atom. The molecule has 5 heteroatoms. The van der Waals surface area contributed by atoms with E-state index in [2.05, 4.69) is 17.5 Å². The lowest BCUT2D eigenvalue weighted by Crippen LogP contribution is -2.52. The monoisotopic (exact) mass is 266 g/mol. The summed E-state index contributed by atoms with van der Waals surface area (Å²) in [6.45, 7) is 2.46. The highest BCUT2D eigenvalue weighted by molar-refractivity contribution is 5.76. The number of amides is 2. The maximum Gasteiger partial charge on any atom is 0.317 e. The SMILES string of the molecule is CC1CC(C(=O)O)CCN1C(=O)NC1CC=CCC1. The Morgan fingerprint density at radius 1 is 1.32 bits per heavy atom. The second kappa shape index (κ2) is 6.08. The summed E-state index contributed by atoms with van der Waals surface area (Å²) < 4.78 is 0. The Morgan fingerprint density at radius 2 is 2.11 bits per heavy atom. The van der Waals surface area contributed by atoms with Crippen LogP contribution in [0.15, 0.2) is 12.2 Å². The highest BCUT2D eigenvalue weighted by Crippen LogP contribution is 2.23. The van der Waals surface area contributed by atoms with Crippen molar-refractivity contribution in [1.29, 1.82) is 0 Å². The molecule has 106 valence electrons. The van der Waals surface area contributed by atoms with Gasteiger partial charge in [-0.2, -0.15) is 0 Å². The minimum absolute atomic E-state index is 0.00557. The van der Waals surface area contributed by atoms with Crippen molar-refractivity contribution in [2.24, 2.45) is 5.92 Å². The number of nitrogens with zero attached hydrogens (tertiary/aromatic N) is 1. The van der Waals surface area contributed by atoms with Gasteiger partial charge in [0.15, 0.2) is 0 Å². The van der Waals surface area contributed by atoms with E-state index in [1.807, 2.05) is 6.92 Å². The molecule has 0 aromatic heterocycles. The molecule has 3 atom stereocenters. The second-order valence-corrected chi connectivity index (χ2v) is 5.53. The van der Waals surface area contributed by atoms with E-state index in [1.54, 1.807) is 4.90 Å². The summed E-state index contributed by atoms with van der Waals surface area (Å²) in [6.07, 6.45) is 8.25. The molecule has 1 heterocycles. The number of carbonyl (C=O) groups is 2. The number of carboxylic acids is 1. The van der Waals surface area contributed by atoms with Crippen LogP contribution < -0.4 is 5.32 Å². The maximum absolute atomic E-state index is 12.2. The molecule has 2 amide bonds. The average molecular weight is 266 g/mol. The predicted octanol–water partition coefficient (Wildman–Crippen LogP) is 1.99. The number of rotatable bonds is 2. The van der Waals surface area contributed by atoms with E-state index < -0.39 is 5.97 Å². The third-order valence-corrected chi connectivity index (χ3v) is 4.08. The van der Waals surface area contributed by atoms with Gasteiger partial charge in [0.05, 0.1) is 5.92 Å². The second-order valence-electron chi connectivity index (χ2n) is 5.53. The lowest BCUT2D eigenvalue weighted by atomic mass is 9.92. The molecule has 1 aliphatic heterocycles. The molecule has 2 rings (SSSR count). The van der Waals surface area contributed by atoms with Crippen LogP contribution >= 0.6 is 0 Å². The fraction of sp³-hybridized carbons (Fsp3) is 0.714. The molecule has 0 saturated carbocycles. The van der Waals surface area contributed by atoms with Crippen LogP contribution in [-0.4, -0.2) is 40.6 Å². The lowest BCUT2D eigenvalue weighted by Gasteiger charge is -2.37. The Balaban J connectivity index is 1.86. The summed E-state index contributed by atoms with van der Waals surface area (Å²) in [5.74, 6) is -1.05. The molecular formula is C14H22N2O3. The maximum atomic E-state index is 12.2. The molecule has 19 heavy (non-hydrogen) atoms. The summed E-state index contributed by atoms with van der Waals surface area (Å²) in [5.41, 5.74) is 0. The summed E-state index contributed by atoms with van der Waals surface area (Å²) in [7, 11) is 0. The smallest absolute Gasteiger partial charge is 0.317 e. The van der Waals surface area contributed by atoms with Crippen molar-refractivity contribution in [2.45, 2.75) is 51.1 Å². The van der Waals surface area contributed by atoms with E-state index in [-0.39, 0.29) is 24.0 Å². The molecule has 0 spiro atoms. The molecule has 0 aromatic carbocycles. The number of carboxylic acid groups (broad SMARTS) is 1. The normalized spacial score (nSPS) is 31.0. The van der Waals surface area contributed by atoms with Crippen LogP contribution in [0.25, 0.3) is 0 Å². The molecule has 1 saturated heterocycles. The third-order valence-electron chi connectivity index (χ3n) is 4.08. The lowest BCUT2D eigenvalue weighted by molar-refractivity contribution is -0.143. The molecule has 1 aliphatic carbocycles. The molecule has 1 fully saturated rings. The zero-order valence-electron chi connectivity index (χ0n) is 11.3. The van der Waals surface area contributed by atoms with E-state index in [9.17, 15) is 9.59 Å². The van der Waals surface area contributed by atoms with Crippen LogP contribution in [0.5, 0.6) is 0 Å². The standard InChI is InChI=1S/C14H22N2O3/c1-10-9-11(13(17)18)7-8-16(10)14(19)15-12-5-3-2-4-6-12/h2-3,10-12H,4-9H2,1H3,(H,15,19)(H,17,18). The molecule has 0 radical (unpaired) electrons. The molecule has 2 aliphatic rings. The van der Waals surface area contributed by atoms with Gasteiger partial charge in [-0.1, -0.05) is 12.2 Å². The first-order valence-corrected chi connectivity index (χ1v) is 7.03. The van der Waals surface area contributed by atoms with Crippen molar-refractivity contribution in [1.82, 2.24) is 10.2 Å². The summed E-state index contributed by atoms with van der Waals surface area (Å²) in [5, 5.41) is 12.1. The van der Waals surface area contributed by atoms with E-state index in [4.69, 9.17) is 5.11 Å². The summed E-state index contributed by atoms with van der Waals surface area (Å²) in [6, 6.07) is 0.174. The highest BCUT2D eigenvalue weighted by Gasteiger charge is 2.32. The first kappa shape index (κ1) is 13.9. The number of aliphatic carboxylic acids is 1. The van der Waals surface area contributed by atoms with Gasteiger partial charge in [0.25, 0.3) is 0 Å². The van der Waals surface area contributed by atoms with Crippen molar-refractivity contribution < 1.29 is 14.7 Å². The number of piperidine rings is 1. The summed E-state index contributed by atoms with van der Waals surface area (Å²) >= 11 is 0. The largest absolute Gasteiger partial charge is 0.481 e. The first-order valence-electron chi connectivity index (χ1n) is 7.03. The quantitative estimate of drug-likeness (QED) is 0.751. The van der Waals surface area contributed by atoms with E-state index >= 15 is 0 Å². The Labute approximate surface area is 113 Å². The van der Waals surface area contributed by atoms with Gasteiger partial charge in [0.2, 0.25) is 0 Å². The number of hydrogen-bond donors (Lipinski definition) is 2. The van der Waals surface area contributed by atoms with Gasteiger partial charge >= 0.3 is 12.0 Å². The van der Waals surface area contributed by atoms with E-state index in [0.717, 1.165) is 19.3 Å². The highest BCUT2D eigenvalue weighted by atomic mass is 16.4. The zero-order valence-corrected chi connectivity index (χ0v) is 11.3. The summed E-state index contributed by atoms with van der Waals surface area (Å²) in [4.78, 5) is 24.9. The number of hydrogen-bond acceptors (Lipinski definition) is 2. The number of urea groups is 1. The minimum atomic E-state index is -0.746. The number of carbonyl (C=O) groups excluding carboxylic acids is 1. The topological polar surface area (TPSA) is 69.6 Å². The fourth-order valence-corrected chi connectivity index (χ4v) is 2.88. The van der Waals surface area contributed by atoms with Gasteiger partial charge in [0, 0.05) is 18.6 Å². The third kappa shape index (κ3) is 3.49. The van der Waals surface area contributed by atoms with Crippen molar-refractivity contribution in [3.05, 3.63) is 12.2 Å². The van der Waals surface area contributed by atoms with Crippen molar-refractivity contribution in [3.63, 3.8) is 0 Å². The van der Waals surface area contributed by atoms with Gasteiger partial charge in [-0.05, 0) is 39.0 Å².